The standard InChI is InChI=1S/C38H45N3O8/c1-47-25-28-33(27-16-8-3-9-17-27)48-37(46)31-29-19-20-38(49-29)32(31)35(44)41(22-12-5-13-23-42)34(38)36(45)40(24-26-14-6-2-7-15-26)21-11-4-10-18-30(43)39-28/h2-4,6-9,11,14-17,19-20,28-29,31-34,42H,5,10,12-13,18,21-25H2,1H3,(H,39,43)/b11-4-/t28-,29+,31-,32-,33-,34+,38-/m1/s1. The molecule has 6 rings (SSSR count). The van der Waals surface area contributed by atoms with E-state index in [-0.39, 0.29) is 50.4 Å². The highest BCUT2D eigenvalue weighted by Gasteiger charge is 2.73. The van der Waals surface area contributed by atoms with E-state index in [0.717, 1.165) is 5.56 Å². The Kier molecular flexibility index (Phi) is 10.9. The number of benzene rings is 2. The topological polar surface area (TPSA) is 135 Å². The van der Waals surface area contributed by atoms with E-state index < -0.39 is 47.7 Å². The second kappa shape index (κ2) is 15.5. The summed E-state index contributed by atoms with van der Waals surface area (Å²) in [5.41, 5.74) is 0.236. The number of rotatable bonds is 10. The zero-order chi connectivity index (χ0) is 34.4. The van der Waals surface area contributed by atoms with Gasteiger partial charge in [0.1, 0.15) is 23.7 Å². The zero-order valence-electron chi connectivity index (χ0n) is 27.8. The molecule has 11 nitrogen and oxygen atoms in total. The number of ether oxygens (including phenoxy) is 3. The SMILES string of the molecule is COC[C@H]1NC(=O)CC/C=C\CN(Cc2ccccc2)C(=O)[C@@H]2N(CCCCCO)C(=O)[C@H]3[C@H](C(=O)O[C@@H]1c1ccccc1)[C@@H]1C=C[C@]23O1. The lowest BCUT2D eigenvalue weighted by molar-refractivity contribution is -0.162. The van der Waals surface area contributed by atoms with Gasteiger partial charge in [-0.3, -0.25) is 19.2 Å². The van der Waals surface area contributed by atoms with Gasteiger partial charge in [-0.2, -0.15) is 0 Å². The fourth-order valence-corrected chi connectivity index (χ4v) is 7.66. The molecule has 2 fully saturated rings. The quantitative estimate of drug-likeness (QED) is 0.224. The van der Waals surface area contributed by atoms with E-state index in [1.165, 1.54) is 7.11 Å². The fourth-order valence-electron chi connectivity index (χ4n) is 7.66. The monoisotopic (exact) mass is 671 g/mol. The number of hydrogen-bond acceptors (Lipinski definition) is 8. The van der Waals surface area contributed by atoms with Gasteiger partial charge < -0.3 is 34.4 Å². The Labute approximate surface area is 286 Å². The molecule has 3 amide bonds. The van der Waals surface area contributed by atoms with Crippen molar-refractivity contribution >= 4 is 23.7 Å². The van der Waals surface area contributed by atoms with Crippen molar-refractivity contribution in [2.45, 2.75) is 68.5 Å². The summed E-state index contributed by atoms with van der Waals surface area (Å²) in [7, 11) is 1.52. The lowest BCUT2D eigenvalue weighted by Gasteiger charge is -2.36. The van der Waals surface area contributed by atoms with Crippen molar-refractivity contribution in [3.63, 3.8) is 0 Å². The van der Waals surface area contributed by atoms with E-state index >= 15 is 0 Å². The number of esters is 1. The van der Waals surface area contributed by atoms with Crippen LogP contribution in [0.5, 0.6) is 0 Å². The molecule has 1 spiro atoms. The molecule has 2 aromatic rings. The molecule has 5 bridgehead atoms. The lowest BCUT2D eigenvalue weighted by atomic mass is 9.74. The minimum Gasteiger partial charge on any atom is -0.455 e. The number of cyclic esters (lactones) is 1. The first-order valence-electron chi connectivity index (χ1n) is 17.2. The third-order valence-corrected chi connectivity index (χ3v) is 9.92. The van der Waals surface area contributed by atoms with Gasteiger partial charge in [0.05, 0.1) is 24.7 Å². The normalized spacial score (nSPS) is 30.7. The van der Waals surface area contributed by atoms with Crippen molar-refractivity contribution in [3.05, 3.63) is 96.1 Å². The van der Waals surface area contributed by atoms with Crippen LogP contribution in [0.1, 0.15) is 49.3 Å². The van der Waals surface area contributed by atoms with Gasteiger partial charge in [-0.25, -0.2) is 0 Å². The summed E-state index contributed by atoms with van der Waals surface area (Å²) in [4.78, 5) is 60.1. The number of unbranched alkanes of at least 4 members (excludes halogenated alkanes) is 2. The number of nitrogens with one attached hydrogen (secondary N) is 1. The lowest BCUT2D eigenvalue weighted by Crippen LogP contribution is -2.55. The van der Waals surface area contributed by atoms with Gasteiger partial charge in [-0.05, 0) is 36.8 Å². The summed E-state index contributed by atoms with van der Waals surface area (Å²) < 4.78 is 18.3. The molecule has 0 saturated carbocycles. The number of carbonyl (C=O) groups excluding carboxylic acids is 4. The van der Waals surface area contributed by atoms with Crippen molar-refractivity contribution < 1.29 is 38.5 Å². The van der Waals surface area contributed by atoms with Crippen molar-refractivity contribution in [1.82, 2.24) is 15.1 Å². The second-order valence-corrected chi connectivity index (χ2v) is 13.1. The molecule has 4 heterocycles. The van der Waals surface area contributed by atoms with E-state index in [1.807, 2.05) is 72.8 Å². The maximum atomic E-state index is 14.8. The second-order valence-electron chi connectivity index (χ2n) is 13.1. The molecular formula is C38H45N3O8. The first kappa shape index (κ1) is 34.5. The number of hydrogen-bond donors (Lipinski definition) is 2. The van der Waals surface area contributed by atoms with Gasteiger partial charge in [-0.1, -0.05) is 85.0 Å². The molecule has 0 radical (unpaired) electrons. The summed E-state index contributed by atoms with van der Waals surface area (Å²) in [6.45, 7) is 0.942. The van der Waals surface area contributed by atoms with Crippen LogP contribution >= 0.6 is 0 Å². The van der Waals surface area contributed by atoms with Crippen LogP contribution < -0.4 is 5.32 Å². The Bertz CT molecular complexity index is 1550. The van der Waals surface area contributed by atoms with Gasteiger partial charge in [0.2, 0.25) is 17.7 Å². The van der Waals surface area contributed by atoms with Crippen LogP contribution in [-0.2, 0) is 39.9 Å². The van der Waals surface area contributed by atoms with E-state index in [2.05, 4.69) is 5.32 Å². The molecule has 0 aliphatic carbocycles. The zero-order valence-corrected chi connectivity index (χ0v) is 27.8. The highest BCUT2D eigenvalue weighted by atomic mass is 16.6. The fraction of sp³-hybridized carbons (Fsp3) is 0.474. The first-order chi connectivity index (χ1) is 23.9. The van der Waals surface area contributed by atoms with E-state index in [4.69, 9.17) is 14.2 Å². The number of aliphatic hydroxyl groups is 1. The summed E-state index contributed by atoms with van der Waals surface area (Å²) in [5.74, 6) is -3.46. The Morgan fingerprint density at radius 2 is 1.71 bits per heavy atom. The Morgan fingerprint density at radius 1 is 0.959 bits per heavy atom. The average Bonchev–Trinajstić information content (AvgIpc) is 3.75. The highest BCUT2D eigenvalue weighted by molar-refractivity contribution is 5.99. The largest absolute Gasteiger partial charge is 0.455 e. The van der Waals surface area contributed by atoms with Crippen LogP contribution in [-0.4, -0.2) is 95.8 Å². The number of aliphatic hydroxyl groups excluding tert-OH is 1. The molecule has 11 heteroatoms. The van der Waals surface area contributed by atoms with Gasteiger partial charge >= 0.3 is 5.97 Å². The van der Waals surface area contributed by atoms with Crippen molar-refractivity contribution in [2.24, 2.45) is 11.8 Å². The molecule has 2 N–H and O–H groups in total. The molecule has 2 aromatic carbocycles. The highest BCUT2D eigenvalue weighted by Crippen LogP contribution is 2.56. The van der Waals surface area contributed by atoms with E-state index in [1.54, 1.807) is 22.0 Å². The number of allylic oxidation sites excluding steroid dienone is 1. The summed E-state index contributed by atoms with van der Waals surface area (Å²) in [5, 5.41) is 12.4. The maximum absolute atomic E-state index is 14.8. The molecule has 4 aliphatic heterocycles. The summed E-state index contributed by atoms with van der Waals surface area (Å²) in [6, 6.07) is 17.1. The van der Waals surface area contributed by atoms with Crippen LogP contribution in [0.25, 0.3) is 0 Å². The number of likely N-dealkylation sites (tertiary alicyclic amines) is 1. The third-order valence-electron chi connectivity index (χ3n) is 9.92. The molecule has 260 valence electrons. The van der Waals surface area contributed by atoms with Gasteiger partial charge in [0, 0.05) is 39.8 Å². The Morgan fingerprint density at radius 3 is 2.45 bits per heavy atom. The average molecular weight is 672 g/mol. The predicted molar refractivity (Wildman–Crippen MR) is 179 cm³/mol. The van der Waals surface area contributed by atoms with Crippen LogP contribution in [0.15, 0.2) is 85.0 Å². The minimum absolute atomic E-state index is 0.0363. The van der Waals surface area contributed by atoms with E-state index in [0.29, 0.717) is 37.8 Å². The number of fused-ring (bicyclic) bond motifs is 2. The number of amides is 3. The van der Waals surface area contributed by atoms with Crippen LogP contribution in [0.2, 0.25) is 0 Å². The van der Waals surface area contributed by atoms with Crippen molar-refractivity contribution in [3.8, 4) is 0 Å². The minimum atomic E-state index is -1.35. The molecule has 2 saturated heterocycles. The molecule has 49 heavy (non-hydrogen) atoms. The van der Waals surface area contributed by atoms with Gasteiger partial charge in [-0.15, -0.1) is 0 Å². The number of nitrogens with zero attached hydrogens (tertiary/aromatic N) is 2. The Balaban J connectivity index is 1.41. The first-order valence-corrected chi connectivity index (χ1v) is 17.2. The molecule has 4 aliphatic rings. The molecule has 0 unspecified atom stereocenters. The molecule has 7 atom stereocenters. The van der Waals surface area contributed by atoms with Crippen LogP contribution in [0, 0.1) is 11.8 Å². The Hall–Kier alpha value is -4.32. The van der Waals surface area contributed by atoms with Crippen LogP contribution in [0.4, 0.5) is 0 Å². The van der Waals surface area contributed by atoms with Gasteiger partial charge in [0.25, 0.3) is 0 Å². The predicted octanol–water partition coefficient (Wildman–Crippen LogP) is 3.09. The van der Waals surface area contributed by atoms with Gasteiger partial charge in [0.15, 0.2) is 0 Å². The third kappa shape index (κ3) is 7.06. The number of carbonyl (C=O) groups is 4. The summed E-state index contributed by atoms with van der Waals surface area (Å²) in [6.07, 6.45) is 8.09. The molecule has 0 aromatic heterocycles. The van der Waals surface area contributed by atoms with Crippen molar-refractivity contribution in [2.75, 3.05) is 33.4 Å². The molecular weight excluding hydrogens is 626 g/mol. The van der Waals surface area contributed by atoms with Crippen molar-refractivity contribution in [1.29, 1.82) is 0 Å². The smallest absolute Gasteiger partial charge is 0.313 e. The summed E-state index contributed by atoms with van der Waals surface area (Å²) >= 11 is 0. The number of methoxy groups -OCH3 is 1. The van der Waals surface area contributed by atoms with E-state index in [9.17, 15) is 24.3 Å². The van der Waals surface area contributed by atoms with Crippen LogP contribution in [0.3, 0.4) is 0 Å². The maximum Gasteiger partial charge on any atom is 0.313 e.